The third kappa shape index (κ3) is 6.98. The van der Waals surface area contributed by atoms with Gasteiger partial charge in [-0.3, -0.25) is 23.9 Å². The smallest absolute Gasteiger partial charge is 0.259 e. The highest BCUT2D eigenvalue weighted by Gasteiger charge is 2.40. The van der Waals surface area contributed by atoms with Gasteiger partial charge in [0.25, 0.3) is 5.91 Å². The van der Waals surface area contributed by atoms with E-state index in [1.807, 2.05) is 0 Å². The van der Waals surface area contributed by atoms with Crippen LogP contribution in [0.25, 0.3) is 22.0 Å². The quantitative estimate of drug-likeness (QED) is 0.207. The number of alkyl halides is 1. The van der Waals surface area contributed by atoms with Crippen LogP contribution in [-0.4, -0.2) is 97.5 Å². The Morgan fingerprint density at radius 2 is 1.89 bits per heavy atom. The van der Waals surface area contributed by atoms with Crippen molar-refractivity contribution >= 4 is 56.2 Å². The molecule has 5 rings (SSSR count). The first kappa shape index (κ1) is 31.6. The topological polar surface area (TPSA) is 153 Å². The van der Waals surface area contributed by atoms with Crippen molar-refractivity contribution in [3.05, 3.63) is 58.8 Å². The zero-order valence-corrected chi connectivity index (χ0v) is 26.5. The number of likely N-dealkylation sites (tertiary alicyclic amines) is 1. The number of carbonyl (C=O) groups is 4. The van der Waals surface area contributed by atoms with Crippen LogP contribution in [0.1, 0.15) is 29.7 Å². The fourth-order valence-electron chi connectivity index (χ4n) is 4.94. The van der Waals surface area contributed by atoms with Gasteiger partial charge in [0.2, 0.25) is 11.8 Å². The number of ether oxygens (including phenoxy) is 1. The molecule has 0 saturated carbocycles. The van der Waals surface area contributed by atoms with E-state index in [2.05, 4.69) is 41.3 Å². The molecule has 4 heterocycles. The number of halogens is 2. The van der Waals surface area contributed by atoms with E-state index in [1.54, 1.807) is 63.7 Å². The predicted molar refractivity (Wildman–Crippen MR) is 165 cm³/mol. The van der Waals surface area contributed by atoms with Crippen molar-refractivity contribution in [2.45, 2.75) is 39.0 Å². The lowest BCUT2D eigenvalue weighted by Gasteiger charge is -2.23. The van der Waals surface area contributed by atoms with Crippen molar-refractivity contribution < 1.29 is 28.3 Å². The van der Waals surface area contributed by atoms with Gasteiger partial charge in [-0.1, -0.05) is 6.07 Å². The number of aryl methyl sites for hydroxylation is 1. The summed E-state index contributed by atoms with van der Waals surface area (Å²) < 4.78 is 22.4. The SMILES string of the molecule is CC(=O)c1nn(CC(=O)N2C[C@H](F)C[C@H]2C(=O)Nc2cccc(Br)n2)c2cc(OCC(=O)N(C)C)c(-c3cnc(C)nc3)cc12. The van der Waals surface area contributed by atoms with Crippen molar-refractivity contribution in [3.8, 4) is 16.9 Å². The van der Waals surface area contributed by atoms with Crippen LogP contribution in [-0.2, 0) is 20.9 Å². The summed E-state index contributed by atoms with van der Waals surface area (Å²) in [6.07, 6.45) is 1.61. The Bertz CT molecular complexity index is 1800. The van der Waals surface area contributed by atoms with Crippen LogP contribution >= 0.6 is 15.9 Å². The van der Waals surface area contributed by atoms with Crippen LogP contribution in [0.15, 0.2) is 47.3 Å². The van der Waals surface area contributed by atoms with E-state index in [0.29, 0.717) is 32.5 Å². The van der Waals surface area contributed by atoms with Crippen molar-refractivity contribution in [1.29, 1.82) is 0 Å². The van der Waals surface area contributed by atoms with Crippen molar-refractivity contribution in [2.75, 3.05) is 32.6 Å². The van der Waals surface area contributed by atoms with Gasteiger partial charge in [0.05, 0.1) is 12.1 Å². The van der Waals surface area contributed by atoms with Crippen molar-refractivity contribution in [2.24, 2.45) is 0 Å². The summed E-state index contributed by atoms with van der Waals surface area (Å²) in [4.78, 5) is 67.0. The molecule has 1 aliphatic heterocycles. The van der Waals surface area contributed by atoms with Gasteiger partial charge in [0.1, 0.15) is 46.4 Å². The number of anilines is 1. The summed E-state index contributed by atoms with van der Waals surface area (Å²) in [6, 6.07) is 7.15. The summed E-state index contributed by atoms with van der Waals surface area (Å²) in [5.74, 6) is -0.698. The Morgan fingerprint density at radius 1 is 1.16 bits per heavy atom. The molecule has 1 aromatic carbocycles. The Hall–Kier alpha value is -4.79. The number of rotatable bonds is 9. The number of nitrogens with zero attached hydrogens (tertiary/aromatic N) is 7. The standard InChI is InChI=1S/C30H30BrFN8O5/c1-16(41)29-21-9-20(18-11-33-17(2)34-12-18)24(45-15-28(43)38(3)4)10-22(21)40(37-29)14-27(42)39-13-19(32)8-23(39)30(44)36-26-7-5-6-25(31)35-26/h5-7,9-12,19,23H,8,13-15H2,1-4H3,(H,35,36,44)/t19-,23+/m1/s1. The lowest BCUT2D eigenvalue weighted by Crippen LogP contribution is -2.44. The molecule has 1 N–H and O–H groups in total. The van der Waals surface area contributed by atoms with Crippen LogP contribution in [0.3, 0.4) is 0 Å². The molecule has 15 heteroatoms. The van der Waals surface area contributed by atoms with Crippen LogP contribution in [0.2, 0.25) is 0 Å². The molecule has 1 aliphatic rings. The van der Waals surface area contributed by atoms with Crippen LogP contribution in [0.4, 0.5) is 10.2 Å². The first-order valence-electron chi connectivity index (χ1n) is 14.0. The highest BCUT2D eigenvalue weighted by atomic mass is 79.9. The van der Waals surface area contributed by atoms with Crippen LogP contribution in [0, 0.1) is 6.92 Å². The maximum Gasteiger partial charge on any atom is 0.259 e. The largest absolute Gasteiger partial charge is 0.483 e. The molecule has 234 valence electrons. The Morgan fingerprint density at radius 3 is 2.56 bits per heavy atom. The molecule has 0 unspecified atom stereocenters. The fourth-order valence-corrected chi connectivity index (χ4v) is 5.29. The summed E-state index contributed by atoms with van der Waals surface area (Å²) in [6.45, 7) is 2.15. The van der Waals surface area contributed by atoms with Gasteiger partial charge in [0.15, 0.2) is 12.4 Å². The summed E-state index contributed by atoms with van der Waals surface area (Å²) in [5.41, 5.74) is 1.56. The molecular weight excluding hydrogens is 651 g/mol. The Kier molecular flexibility index (Phi) is 9.18. The number of ketones is 1. The maximum atomic E-state index is 14.6. The number of hydrogen-bond donors (Lipinski definition) is 1. The first-order valence-corrected chi connectivity index (χ1v) is 14.7. The number of pyridine rings is 1. The van der Waals surface area contributed by atoms with Gasteiger partial charge in [-0.25, -0.2) is 19.3 Å². The van der Waals surface area contributed by atoms with E-state index in [-0.39, 0.29) is 48.5 Å². The van der Waals surface area contributed by atoms with E-state index < -0.39 is 30.6 Å². The minimum atomic E-state index is -1.41. The first-order chi connectivity index (χ1) is 21.4. The van der Waals surface area contributed by atoms with E-state index >= 15 is 0 Å². The average Bonchev–Trinajstić information content (AvgIpc) is 3.56. The molecule has 0 spiro atoms. The third-order valence-electron chi connectivity index (χ3n) is 7.25. The van der Waals surface area contributed by atoms with Crippen LogP contribution < -0.4 is 10.1 Å². The number of nitrogens with one attached hydrogen (secondary N) is 1. The van der Waals surface area contributed by atoms with Gasteiger partial charge >= 0.3 is 0 Å². The van der Waals surface area contributed by atoms with Gasteiger partial charge in [0, 0.05) is 62.4 Å². The Labute approximate surface area is 265 Å². The second kappa shape index (κ2) is 13.1. The van der Waals surface area contributed by atoms with E-state index in [9.17, 15) is 23.6 Å². The molecule has 0 radical (unpaired) electrons. The number of carbonyl (C=O) groups excluding carboxylic acids is 4. The maximum absolute atomic E-state index is 14.6. The Balaban J connectivity index is 1.50. The minimum absolute atomic E-state index is 0.0998. The second-order valence-corrected chi connectivity index (χ2v) is 11.6. The summed E-state index contributed by atoms with van der Waals surface area (Å²) in [5, 5.41) is 7.50. The molecular formula is C30H30BrFN8O5. The second-order valence-electron chi connectivity index (χ2n) is 10.8. The number of hydrogen-bond acceptors (Lipinski definition) is 9. The number of aromatic nitrogens is 5. The molecule has 1 saturated heterocycles. The number of likely N-dealkylation sites (N-methyl/N-ethyl adjacent to an activating group) is 1. The monoisotopic (exact) mass is 680 g/mol. The van der Waals surface area contributed by atoms with Crippen LogP contribution in [0.5, 0.6) is 5.75 Å². The number of benzene rings is 1. The predicted octanol–water partition coefficient (Wildman–Crippen LogP) is 3.21. The molecule has 4 aromatic rings. The van der Waals surface area contributed by atoms with Gasteiger partial charge < -0.3 is 19.9 Å². The molecule has 0 aliphatic carbocycles. The van der Waals surface area contributed by atoms with E-state index in [1.165, 1.54) is 21.4 Å². The highest BCUT2D eigenvalue weighted by molar-refractivity contribution is 9.10. The average molecular weight is 682 g/mol. The fraction of sp³-hybridized carbons (Fsp3) is 0.333. The van der Waals surface area contributed by atoms with Crippen molar-refractivity contribution in [3.63, 3.8) is 0 Å². The molecule has 0 bridgehead atoms. The number of amides is 3. The molecule has 3 amide bonds. The normalized spacial score (nSPS) is 16.1. The zero-order chi connectivity index (χ0) is 32.4. The van der Waals surface area contributed by atoms with Gasteiger partial charge in [-0.15, -0.1) is 0 Å². The molecule has 2 atom stereocenters. The van der Waals surface area contributed by atoms with Gasteiger partial charge in [-0.2, -0.15) is 5.10 Å². The van der Waals surface area contributed by atoms with Crippen molar-refractivity contribution in [1.82, 2.24) is 34.5 Å². The van der Waals surface area contributed by atoms with E-state index in [4.69, 9.17) is 4.74 Å². The van der Waals surface area contributed by atoms with E-state index in [0.717, 1.165) is 0 Å². The lowest BCUT2D eigenvalue weighted by atomic mass is 10.0. The minimum Gasteiger partial charge on any atom is -0.483 e. The zero-order valence-electron chi connectivity index (χ0n) is 25.0. The molecule has 1 fully saturated rings. The lowest BCUT2D eigenvalue weighted by molar-refractivity contribution is -0.137. The highest BCUT2D eigenvalue weighted by Crippen LogP contribution is 2.36. The molecule has 3 aromatic heterocycles. The summed E-state index contributed by atoms with van der Waals surface area (Å²) in [7, 11) is 3.21. The van der Waals surface area contributed by atoms with Gasteiger partial charge in [-0.05, 0) is 41.1 Å². The molecule has 13 nitrogen and oxygen atoms in total. The number of Topliss-reactive ketones (excluding diaryl/α,β-unsaturated/α-hetero) is 1. The third-order valence-corrected chi connectivity index (χ3v) is 7.69. The summed E-state index contributed by atoms with van der Waals surface area (Å²) >= 11 is 3.24. The molecule has 45 heavy (non-hydrogen) atoms. The number of fused-ring (bicyclic) bond motifs is 1.